The summed E-state index contributed by atoms with van der Waals surface area (Å²) in [5.74, 6) is 5.09. The lowest BCUT2D eigenvalue weighted by Crippen LogP contribution is -2.79. The fourth-order valence-corrected chi connectivity index (χ4v) is 2.24. The predicted octanol–water partition coefficient (Wildman–Crippen LogP) is 0.935. The third-order valence-electron chi connectivity index (χ3n) is 2.94. The maximum atomic E-state index is 12.2. The van der Waals surface area contributed by atoms with Crippen LogP contribution in [0, 0.1) is 5.41 Å². The van der Waals surface area contributed by atoms with E-state index in [0.717, 1.165) is 0 Å². The Morgan fingerprint density at radius 3 is 1.91 bits per heavy atom. The number of alkyl halides is 3. The molecule has 3 N–H and O–H groups in total. The number of hydrazine groups is 1. The van der Waals surface area contributed by atoms with Gasteiger partial charge in [0.2, 0.25) is 0 Å². The number of halogens is 3. The molecular weight excluding hydrogens is 157 g/mol. The fourth-order valence-electron chi connectivity index (χ4n) is 2.24. The van der Waals surface area contributed by atoms with Crippen molar-refractivity contribution >= 4 is 0 Å². The Morgan fingerprint density at radius 1 is 1.18 bits per heavy atom. The maximum Gasteiger partial charge on any atom is 0.394 e. The van der Waals surface area contributed by atoms with E-state index in [1.54, 1.807) is 0 Å². The molecule has 3 aliphatic carbocycles. The van der Waals surface area contributed by atoms with Crippen molar-refractivity contribution < 1.29 is 13.2 Å². The monoisotopic (exact) mass is 166 g/mol. The van der Waals surface area contributed by atoms with Crippen molar-refractivity contribution in [2.24, 2.45) is 11.3 Å². The first-order chi connectivity index (χ1) is 4.93. The molecule has 3 fully saturated rings. The van der Waals surface area contributed by atoms with Crippen molar-refractivity contribution in [2.75, 3.05) is 0 Å². The van der Waals surface area contributed by atoms with Crippen molar-refractivity contribution in [2.45, 2.75) is 31.0 Å². The van der Waals surface area contributed by atoms with E-state index in [9.17, 15) is 13.2 Å². The molecule has 0 heterocycles. The van der Waals surface area contributed by atoms with Crippen molar-refractivity contribution in [3.05, 3.63) is 0 Å². The predicted molar refractivity (Wildman–Crippen MR) is 32.4 cm³/mol. The van der Waals surface area contributed by atoms with E-state index in [-0.39, 0.29) is 24.8 Å². The Labute approximate surface area is 61.9 Å². The van der Waals surface area contributed by atoms with Crippen molar-refractivity contribution in [1.82, 2.24) is 5.43 Å². The Kier molecular flexibility index (Phi) is 1.05. The van der Waals surface area contributed by atoms with Crippen LogP contribution in [0.1, 0.15) is 19.3 Å². The van der Waals surface area contributed by atoms with E-state index in [1.807, 2.05) is 0 Å². The summed E-state index contributed by atoms with van der Waals surface area (Å²) >= 11 is 0. The lowest BCUT2D eigenvalue weighted by Gasteiger charge is -2.69. The van der Waals surface area contributed by atoms with E-state index in [1.165, 1.54) is 0 Å². The molecule has 0 spiro atoms. The van der Waals surface area contributed by atoms with E-state index in [0.29, 0.717) is 0 Å². The molecule has 3 saturated carbocycles. The first-order valence-corrected chi connectivity index (χ1v) is 3.48. The standard InChI is InChI=1S/C6H9F3N2/c7-6(8,9)4-1-5(2-4,3-4)11-10/h11H,1-3,10H2. The average Bonchev–Trinajstić information content (AvgIpc) is 1.53. The molecule has 0 aliphatic heterocycles. The Balaban J connectivity index is 2.04. The molecule has 11 heavy (non-hydrogen) atoms. The van der Waals surface area contributed by atoms with E-state index in [4.69, 9.17) is 5.84 Å². The lowest BCUT2D eigenvalue weighted by molar-refractivity contribution is -0.339. The van der Waals surface area contributed by atoms with Gasteiger partial charge in [-0.2, -0.15) is 13.2 Å². The summed E-state index contributed by atoms with van der Waals surface area (Å²) < 4.78 is 36.5. The van der Waals surface area contributed by atoms with Gasteiger partial charge in [0.05, 0.1) is 5.41 Å². The van der Waals surface area contributed by atoms with Gasteiger partial charge in [0.1, 0.15) is 0 Å². The van der Waals surface area contributed by atoms with Gasteiger partial charge in [-0.3, -0.25) is 11.3 Å². The minimum Gasteiger partial charge on any atom is -0.271 e. The topological polar surface area (TPSA) is 38.0 Å². The van der Waals surface area contributed by atoms with Gasteiger partial charge in [-0.15, -0.1) is 0 Å². The normalized spacial score (nSPS) is 48.0. The zero-order chi connectivity index (χ0) is 8.33. The van der Waals surface area contributed by atoms with Crippen LogP contribution in [0.2, 0.25) is 0 Å². The summed E-state index contributed by atoms with van der Waals surface area (Å²) in [7, 11) is 0. The van der Waals surface area contributed by atoms with Gasteiger partial charge in [0, 0.05) is 5.54 Å². The number of nitrogens with one attached hydrogen (secondary N) is 1. The molecule has 0 aromatic heterocycles. The SMILES string of the molecule is NNC12CC(C(F)(F)F)(C1)C2. The van der Waals surface area contributed by atoms with Crippen LogP contribution < -0.4 is 11.3 Å². The average molecular weight is 166 g/mol. The summed E-state index contributed by atoms with van der Waals surface area (Å²) in [4.78, 5) is 0. The smallest absolute Gasteiger partial charge is 0.271 e. The number of hydrogen-bond donors (Lipinski definition) is 2. The van der Waals surface area contributed by atoms with Gasteiger partial charge in [0.15, 0.2) is 0 Å². The second-order valence-corrected chi connectivity index (χ2v) is 3.73. The highest BCUT2D eigenvalue weighted by molar-refractivity contribution is 5.24. The third-order valence-corrected chi connectivity index (χ3v) is 2.94. The highest BCUT2D eigenvalue weighted by Gasteiger charge is 2.78. The van der Waals surface area contributed by atoms with E-state index in [2.05, 4.69) is 5.43 Å². The molecular formula is C6H9F3N2. The van der Waals surface area contributed by atoms with Crippen molar-refractivity contribution in [1.29, 1.82) is 0 Å². The largest absolute Gasteiger partial charge is 0.394 e. The molecule has 2 bridgehead atoms. The molecule has 64 valence electrons. The summed E-state index contributed by atoms with van der Waals surface area (Å²) in [6.07, 6.45) is -3.52. The van der Waals surface area contributed by atoms with Gasteiger partial charge < -0.3 is 0 Å². The molecule has 0 aromatic rings. The van der Waals surface area contributed by atoms with Crippen LogP contribution in [0.25, 0.3) is 0 Å². The third kappa shape index (κ3) is 0.654. The minimum atomic E-state index is -4.02. The number of rotatable bonds is 1. The molecule has 0 unspecified atom stereocenters. The van der Waals surface area contributed by atoms with Crippen LogP contribution in [-0.2, 0) is 0 Å². The Morgan fingerprint density at radius 2 is 1.64 bits per heavy atom. The molecule has 3 rings (SSSR count). The first kappa shape index (κ1) is 7.36. The number of nitrogens with two attached hydrogens (primary N) is 1. The maximum absolute atomic E-state index is 12.2. The molecule has 0 radical (unpaired) electrons. The Hall–Kier alpha value is -0.290. The summed E-state index contributed by atoms with van der Waals surface area (Å²) in [5.41, 5.74) is 0.699. The van der Waals surface area contributed by atoms with Crippen LogP contribution in [-0.4, -0.2) is 11.7 Å². The van der Waals surface area contributed by atoms with Gasteiger partial charge in [-0.05, 0) is 19.3 Å². The molecule has 0 atom stereocenters. The Bertz CT molecular complexity index is 179. The van der Waals surface area contributed by atoms with Crippen molar-refractivity contribution in [3.63, 3.8) is 0 Å². The second kappa shape index (κ2) is 1.56. The molecule has 2 nitrogen and oxygen atoms in total. The van der Waals surface area contributed by atoms with Crippen LogP contribution in [0.3, 0.4) is 0 Å². The molecule has 0 saturated heterocycles. The van der Waals surface area contributed by atoms with Crippen molar-refractivity contribution in [3.8, 4) is 0 Å². The van der Waals surface area contributed by atoms with Crippen LogP contribution >= 0.6 is 0 Å². The van der Waals surface area contributed by atoms with Gasteiger partial charge in [-0.25, -0.2) is 0 Å². The molecule has 3 aliphatic rings. The van der Waals surface area contributed by atoms with Crippen LogP contribution in [0.4, 0.5) is 13.2 Å². The van der Waals surface area contributed by atoms with E-state index >= 15 is 0 Å². The van der Waals surface area contributed by atoms with Crippen LogP contribution in [0.15, 0.2) is 0 Å². The van der Waals surface area contributed by atoms with Gasteiger partial charge >= 0.3 is 6.18 Å². The first-order valence-electron chi connectivity index (χ1n) is 3.48. The highest BCUT2D eigenvalue weighted by atomic mass is 19.4. The summed E-state index contributed by atoms with van der Waals surface area (Å²) in [6, 6.07) is 0. The molecule has 0 amide bonds. The summed E-state index contributed by atoms with van der Waals surface area (Å²) in [6.45, 7) is 0. The second-order valence-electron chi connectivity index (χ2n) is 3.73. The molecule has 5 heteroatoms. The quantitative estimate of drug-likeness (QED) is 0.449. The zero-order valence-electron chi connectivity index (χ0n) is 5.83. The van der Waals surface area contributed by atoms with Gasteiger partial charge in [-0.1, -0.05) is 0 Å². The van der Waals surface area contributed by atoms with Gasteiger partial charge in [0.25, 0.3) is 0 Å². The number of hydrogen-bond acceptors (Lipinski definition) is 2. The summed E-state index contributed by atoms with van der Waals surface area (Å²) in [5, 5.41) is 0. The fraction of sp³-hybridized carbons (Fsp3) is 1.00. The van der Waals surface area contributed by atoms with E-state index < -0.39 is 11.6 Å². The lowest BCUT2D eigenvalue weighted by atomic mass is 9.39. The minimum absolute atomic E-state index is 0.167. The van der Waals surface area contributed by atoms with Crippen LogP contribution in [0.5, 0.6) is 0 Å². The molecule has 0 aromatic carbocycles. The highest BCUT2D eigenvalue weighted by Crippen LogP contribution is 2.72. The zero-order valence-corrected chi connectivity index (χ0v) is 5.83.